The van der Waals surface area contributed by atoms with Crippen molar-refractivity contribution in [1.82, 2.24) is 10.6 Å². The summed E-state index contributed by atoms with van der Waals surface area (Å²) in [5.41, 5.74) is 0.378. The van der Waals surface area contributed by atoms with Crippen LogP contribution in [0, 0.1) is 5.41 Å². The summed E-state index contributed by atoms with van der Waals surface area (Å²) in [6, 6.07) is 1.18. The Hall–Kier alpha value is -0.310. The van der Waals surface area contributed by atoms with Crippen molar-refractivity contribution in [2.24, 2.45) is 5.41 Å². The van der Waals surface area contributed by atoms with Crippen molar-refractivity contribution >= 4 is 11.8 Å². The summed E-state index contributed by atoms with van der Waals surface area (Å²) < 4.78 is 0. The van der Waals surface area contributed by atoms with Crippen LogP contribution in [0.1, 0.15) is 20.8 Å². The summed E-state index contributed by atoms with van der Waals surface area (Å²) in [6.07, 6.45) is 0. The van der Waals surface area contributed by atoms with Crippen LogP contribution in [0.25, 0.3) is 0 Å². The Kier molecular flexibility index (Phi) is 2.02. The van der Waals surface area contributed by atoms with E-state index in [0.717, 1.165) is 5.82 Å². The maximum absolute atomic E-state index is 3.92. The smallest absolute Gasteiger partial charge is 0.0918 e. The van der Waals surface area contributed by atoms with E-state index in [4.69, 9.17) is 0 Å². The van der Waals surface area contributed by atoms with Crippen LogP contribution in [0.15, 0.2) is 12.4 Å². The van der Waals surface area contributed by atoms with Gasteiger partial charge in [0.15, 0.2) is 0 Å². The summed E-state index contributed by atoms with van der Waals surface area (Å²) in [5, 5.41) is 7.54. The van der Waals surface area contributed by atoms with Crippen LogP contribution in [-0.2, 0) is 0 Å². The highest BCUT2D eigenvalue weighted by molar-refractivity contribution is 8.00. The molecule has 0 aliphatic carbocycles. The van der Waals surface area contributed by atoms with Crippen molar-refractivity contribution in [2.75, 3.05) is 5.75 Å². The fourth-order valence-electron chi connectivity index (χ4n) is 2.19. The lowest BCUT2D eigenvalue weighted by Crippen LogP contribution is -2.42. The van der Waals surface area contributed by atoms with Gasteiger partial charge in [0.05, 0.1) is 17.9 Å². The van der Waals surface area contributed by atoms with E-state index in [9.17, 15) is 0 Å². The predicted octanol–water partition coefficient (Wildman–Crippen LogP) is 1.55. The Labute approximate surface area is 84.5 Å². The number of thioether (sulfide) groups is 1. The minimum absolute atomic E-state index is 0.378. The second-order valence-electron chi connectivity index (χ2n) is 5.02. The lowest BCUT2D eigenvalue weighted by Gasteiger charge is -2.30. The van der Waals surface area contributed by atoms with Gasteiger partial charge in [-0.1, -0.05) is 27.4 Å². The second-order valence-corrected chi connectivity index (χ2v) is 6.19. The summed E-state index contributed by atoms with van der Waals surface area (Å²) in [7, 11) is 0. The van der Waals surface area contributed by atoms with Gasteiger partial charge in [0.1, 0.15) is 0 Å². The third-order valence-corrected chi connectivity index (χ3v) is 4.68. The third-order valence-electron chi connectivity index (χ3n) is 2.77. The molecule has 74 valence electrons. The summed E-state index contributed by atoms with van der Waals surface area (Å²) >= 11 is 2.08. The zero-order valence-electron chi connectivity index (χ0n) is 8.55. The van der Waals surface area contributed by atoms with Crippen LogP contribution >= 0.6 is 11.8 Å². The van der Waals surface area contributed by atoms with Gasteiger partial charge in [-0.05, 0) is 5.41 Å². The molecule has 3 unspecified atom stereocenters. The van der Waals surface area contributed by atoms with E-state index in [1.165, 1.54) is 5.75 Å². The van der Waals surface area contributed by atoms with Crippen LogP contribution < -0.4 is 10.6 Å². The zero-order valence-corrected chi connectivity index (χ0v) is 9.37. The highest BCUT2D eigenvalue weighted by Crippen LogP contribution is 2.41. The molecular formula is C10H18N2S. The summed E-state index contributed by atoms with van der Waals surface area (Å²) in [5.74, 6) is 2.21. The molecule has 3 heteroatoms. The molecule has 2 nitrogen and oxygen atoms in total. The first-order valence-electron chi connectivity index (χ1n) is 4.82. The van der Waals surface area contributed by atoms with Crippen LogP contribution in [0.2, 0.25) is 0 Å². The molecule has 2 rings (SSSR count). The lowest BCUT2D eigenvalue weighted by atomic mass is 9.86. The van der Waals surface area contributed by atoms with Crippen molar-refractivity contribution < 1.29 is 0 Å². The van der Waals surface area contributed by atoms with Gasteiger partial charge < -0.3 is 10.6 Å². The standard InChI is InChI=1S/C10H18N2S/c1-6-11-7-5-13-9(8(7)12-6)10(2,3)4/h7-9,11-12H,1,5H2,2-4H3. The Bertz CT molecular complexity index is 232. The SMILES string of the molecule is C=C1NC2CSC(C(C)(C)C)C2N1. The number of hydrogen-bond acceptors (Lipinski definition) is 3. The quantitative estimate of drug-likeness (QED) is 0.617. The number of fused-ring (bicyclic) bond motifs is 1. The molecule has 0 bridgehead atoms. The first kappa shape index (κ1) is 9.25. The minimum Gasteiger partial charge on any atom is -0.367 e. The molecule has 3 atom stereocenters. The van der Waals surface area contributed by atoms with Gasteiger partial charge in [-0.25, -0.2) is 0 Å². The van der Waals surface area contributed by atoms with E-state index >= 15 is 0 Å². The number of rotatable bonds is 0. The van der Waals surface area contributed by atoms with Gasteiger partial charge in [0, 0.05) is 11.0 Å². The first-order valence-corrected chi connectivity index (χ1v) is 5.87. The van der Waals surface area contributed by atoms with E-state index in [0.29, 0.717) is 22.7 Å². The van der Waals surface area contributed by atoms with Crippen molar-refractivity contribution in [1.29, 1.82) is 0 Å². The Morgan fingerprint density at radius 1 is 1.38 bits per heavy atom. The van der Waals surface area contributed by atoms with E-state index in [-0.39, 0.29) is 0 Å². The van der Waals surface area contributed by atoms with Crippen LogP contribution in [-0.4, -0.2) is 23.1 Å². The molecule has 13 heavy (non-hydrogen) atoms. The lowest BCUT2D eigenvalue weighted by molar-refractivity contribution is 0.342. The molecule has 2 fully saturated rings. The van der Waals surface area contributed by atoms with E-state index in [1.807, 2.05) is 0 Å². The Morgan fingerprint density at radius 3 is 2.69 bits per heavy atom. The summed E-state index contributed by atoms with van der Waals surface area (Å²) in [6.45, 7) is 10.9. The molecule has 0 aromatic rings. The van der Waals surface area contributed by atoms with Gasteiger partial charge >= 0.3 is 0 Å². The molecule has 0 aromatic heterocycles. The molecule has 0 amide bonds. The molecule has 2 aliphatic heterocycles. The van der Waals surface area contributed by atoms with Crippen LogP contribution in [0.4, 0.5) is 0 Å². The molecule has 2 N–H and O–H groups in total. The fourth-order valence-corrected chi connectivity index (χ4v) is 3.86. The van der Waals surface area contributed by atoms with Gasteiger partial charge in [0.2, 0.25) is 0 Å². The number of hydrogen-bond donors (Lipinski definition) is 2. The van der Waals surface area contributed by atoms with E-state index in [2.05, 4.69) is 49.7 Å². The maximum Gasteiger partial charge on any atom is 0.0918 e. The zero-order chi connectivity index (χ0) is 9.64. The van der Waals surface area contributed by atoms with Crippen molar-refractivity contribution in [3.05, 3.63) is 12.4 Å². The molecule has 0 spiro atoms. The van der Waals surface area contributed by atoms with Gasteiger partial charge in [-0.2, -0.15) is 11.8 Å². The second kappa shape index (κ2) is 2.84. The fraction of sp³-hybridized carbons (Fsp3) is 0.800. The average molecular weight is 198 g/mol. The van der Waals surface area contributed by atoms with Crippen LogP contribution in [0.5, 0.6) is 0 Å². The van der Waals surface area contributed by atoms with Crippen molar-refractivity contribution in [3.8, 4) is 0 Å². The first-order chi connectivity index (χ1) is 5.98. The molecule has 0 aromatic carbocycles. The third kappa shape index (κ3) is 1.54. The molecule has 2 saturated heterocycles. The topological polar surface area (TPSA) is 24.1 Å². The molecular weight excluding hydrogens is 180 g/mol. The van der Waals surface area contributed by atoms with E-state index in [1.54, 1.807) is 0 Å². The normalized spacial score (nSPS) is 38.4. The molecule has 2 aliphatic rings. The van der Waals surface area contributed by atoms with Crippen LogP contribution in [0.3, 0.4) is 0 Å². The Morgan fingerprint density at radius 2 is 2.08 bits per heavy atom. The maximum atomic E-state index is 3.92. The molecule has 2 heterocycles. The Balaban J connectivity index is 2.13. The van der Waals surface area contributed by atoms with Crippen molar-refractivity contribution in [3.63, 3.8) is 0 Å². The minimum atomic E-state index is 0.378. The monoisotopic (exact) mass is 198 g/mol. The van der Waals surface area contributed by atoms with E-state index < -0.39 is 0 Å². The average Bonchev–Trinajstić information content (AvgIpc) is 2.41. The van der Waals surface area contributed by atoms with Gasteiger partial charge in [-0.15, -0.1) is 0 Å². The summed E-state index contributed by atoms with van der Waals surface area (Å²) in [4.78, 5) is 0. The highest BCUT2D eigenvalue weighted by Gasteiger charge is 2.45. The largest absolute Gasteiger partial charge is 0.367 e. The predicted molar refractivity (Wildman–Crippen MR) is 58.7 cm³/mol. The van der Waals surface area contributed by atoms with Gasteiger partial charge in [-0.3, -0.25) is 0 Å². The van der Waals surface area contributed by atoms with Crippen molar-refractivity contribution in [2.45, 2.75) is 38.1 Å². The van der Waals surface area contributed by atoms with Gasteiger partial charge in [0.25, 0.3) is 0 Å². The highest BCUT2D eigenvalue weighted by atomic mass is 32.2. The number of nitrogens with one attached hydrogen (secondary N) is 2. The molecule has 0 saturated carbocycles. The molecule has 0 radical (unpaired) electrons.